The summed E-state index contributed by atoms with van der Waals surface area (Å²) in [6.45, 7) is 3.53. The Morgan fingerprint density at radius 2 is 2.08 bits per heavy atom. The summed E-state index contributed by atoms with van der Waals surface area (Å²) < 4.78 is 19.9. The fraction of sp³-hybridized carbons (Fsp3) is 0.556. The van der Waals surface area contributed by atoms with Gasteiger partial charge in [0, 0.05) is 26.1 Å². The van der Waals surface area contributed by atoms with Gasteiger partial charge in [0.25, 0.3) is 0 Å². The quantitative estimate of drug-likeness (QED) is 0.828. The van der Waals surface area contributed by atoms with Crippen molar-refractivity contribution < 1.29 is 18.7 Å². The molecule has 2 aliphatic heterocycles. The zero-order valence-electron chi connectivity index (χ0n) is 15.1. The van der Waals surface area contributed by atoms with Crippen LogP contribution in [0.15, 0.2) is 18.2 Å². The minimum absolute atomic E-state index is 0.183. The van der Waals surface area contributed by atoms with Crippen molar-refractivity contribution in [3.8, 4) is 0 Å². The van der Waals surface area contributed by atoms with Gasteiger partial charge in [-0.25, -0.2) is 9.18 Å². The molecule has 0 aromatic heterocycles. The van der Waals surface area contributed by atoms with Gasteiger partial charge < -0.3 is 20.3 Å². The summed E-state index contributed by atoms with van der Waals surface area (Å²) in [5.41, 5.74) is 1.03. The number of nitrogens with one attached hydrogen (secondary N) is 2. The topological polar surface area (TPSA) is 73.9 Å². The molecule has 7 nitrogen and oxygen atoms in total. The SMILES string of the molecule is CNC1CCN(c2ccc(N3C[C@H](CNC(C)=O)OC3=O)cc2F)CC1. The Kier molecular flexibility index (Phi) is 5.61. The predicted octanol–water partition coefficient (Wildman–Crippen LogP) is 1.48. The first kappa shape index (κ1) is 18.4. The van der Waals surface area contributed by atoms with E-state index in [1.165, 1.54) is 17.9 Å². The van der Waals surface area contributed by atoms with Crippen molar-refractivity contribution in [3.63, 3.8) is 0 Å². The van der Waals surface area contributed by atoms with Crippen LogP contribution < -0.4 is 20.4 Å². The number of hydrogen-bond donors (Lipinski definition) is 2. The molecule has 2 amide bonds. The van der Waals surface area contributed by atoms with Crippen molar-refractivity contribution in [2.75, 3.05) is 43.0 Å². The molecule has 1 aromatic carbocycles. The molecule has 2 aliphatic rings. The van der Waals surface area contributed by atoms with Crippen molar-refractivity contribution in [1.82, 2.24) is 10.6 Å². The largest absolute Gasteiger partial charge is 0.442 e. The van der Waals surface area contributed by atoms with E-state index in [0.29, 0.717) is 17.4 Å². The lowest BCUT2D eigenvalue weighted by molar-refractivity contribution is -0.119. The number of amides is 2. The van der Waals surface area contributed by atoms with Gasteiger partial charge in [0.1, 0.15) is 11.9 Å². The molecule has 2 saturated heterocycles. The van der Waals surface area contributed by atoms with Crippen LogP contribution in [-0.4, -0.2) is 57.4 Å². The third kappa shape index (κ3) is 4.07. The molecule has 2 fully saturated rings. The zero-order chi connectivity index (χ0) is 18.7. The summed E-state index contributed by atoms with van der Waals surface area (Å²) in [5.74, 6) is -0.527. The molecule has 0 unspecified atom stereocenters. The summed E-state index contributed by atoms with van der Waals surface area (Å²) in [5, 5.41) is 5.88. The Morgan fingerprint density at radius 1 is 1.35 bits per heavy atom. The normalized spacial score (nSPS) is 21.0. The molecule has 0 spiro atoms. The van der Waals surface area contributed by atoms with Gasteiger partial charge in [0.2, 0.25) is 5.91 Å². The maximum absolute atomic E-state index is 14.7. The van der Waals surface area contributed by atoms with Crippen molar-refractivity contribution in [3.05, 3.63) is 24.0 Å². The highest BCUT2D eigenvalue weighted by atomic mass is 19.1. The summed E-state index contributed by atoms with van der Waals surface area (Å²) >= 11 is 0. The maximum Gasteiger partial charge on any atom is 0.414 e. The number of nitrogens with zero attached hydrogens (tertiary/aromatic N) is 2. The number of rotatable bonds is 5. The summed E-state index contributed by atoms with van der Waals surface area (Å²) in [7, 11) is 1.95. The number of cyclic esters (lactones) is 1. The number of piperidine rings is 1. The van der Waals surface area contributed by atoms with E-state index in [4.69, 9.17) is 4.74 Å². The van der Waals surface area contributed by atoms with Gasteiger partial charge in [-0.05, 0) is 38.1 Å². The molecule has 8 heteroatoms. The predicted molar refractivity (Wildman–Crippen MR) is 97.0 cm³/mol. The van der Waals surface area contributed by atoms with Crippen LogP contribution in [0.25, 0.3) is 0 Å². The van der Waals surface area contributed by atoms with Gasteiger partial charge in [-0.1, -0.05) is 0 Å². The highest BCUT2D eigenvalue weighted by molar-refractivity contribution is 5.90. The van der Waals surface area contributed by atoms with Gasteiger partial charge in [-0.15, -0.1) is 0 Å². The van der Waals surface area contributed by atoms with E-state index >= 15 is 0 Å². The van der Waals surface area contributed by atoms with Crippen LogP contribution in [0.1, 0.15) is 19.8 Å². The lowest BCUT2D eigenvalue weighted by Gasteiger charge is -2.33. The summed E-state index contributed by atoms with van der Waals surface area (Å²) in [4.78, 5) is 26.5. The first-order valence-corrected chi connectivity index (χ1v) is 8.92. The van der Waals surface area contributed by atoms with Gasteiger partial charge in [0.15, 0.2) is 0 Å². The molecule has 1 aromatic rings. The van der Waals surface area contributed by atoms with Gasteiger partial charge >= 0.3 is 6.09 Å². The standard InChI is InChI=1S/C18H25FN4O3/c1-12(24)21-10-15-11-23(18(25)26-15)14-3-4-17(16(19)9-14)22-7-5-13(20-2)6-8-22/h3-4,9,13,15,20H,5-8,10-11H2,1-2H3,(H,21,24)/t15-/m0/s1. The highest BCUT2D eigenvalue weighted by Crippen LogP contribution is 2.29. The third-order valence-corrected chi connectivity index (χ3v) is 4.94. The Hall–Kier alpha value is -2.35. The first-order chi connectivity index (χ1) is 12.5. The highest BCUT2D eigenvalue weighted by Gasteiger charge is 2.33. The Balaban J connectivity index is 1.66. The number of halogens is 1. The van der Waals surface area contributed by atoms with E-state index in [0.717, 1.165) is 25.9 Å². The van der Waals surface area contributed by atoms with E-state index < -0.39 is 12.2 Å². The maximum atomic E-state index is 14.7. The number of carbonyl (C=O) groups excluding carboxylic acids is 2. The van der Waals surface area contributed by atoms with E-state index in [2.05, 4.69) is 10.6 Å². The lowest BCUT2D eigenvalue weighted by Crippen LogP contribution is -2.41. The summed E-state index contributed by atoms with van der Waals surface area (Å²) in [6, 6.07) is 5.32. The monoisotopic (exact) mass is 364 g/mol. The molecule has 0 bridgehead atoms. The average Bonchev–Trinajstić information content (AvgIpc) is 3.01. The molecule has 2 N–H and O–H groups in total. The van der Waals surface area contributed by atoms with Crippen LogP contribution >= 0.6 is 0 Å². The average molecular weight is 364 g/mol. The molecule has 0 aliphatic carbocycles. The molecule has 1 atom stereocenters. The molecule has 142 valence electrons. The van der Waals surface area contributed by atoms with Crippen LogP contribution in [0.2, 0.25) is 0 Å². The lowest BCUT2D eigenvalue weighted by atomic mass is 10.0. The minimum atomic E-state index is -0.526. The second-order valence-corrected chi connectivity index (χ2v) is 6.74. The fourth-order valence-electron chi connectivity index (χ4n) is 3.43. The van der Waals surface area contributed by atoms with E-state index in [9.17, 15) is 14.0 Å². The smallest absolute Gasteiger partial charge is 0.414 e. The van der Waals surface area contributed by atoms with E-state index in [1.807, 2.05) is 11.9 Å². The van der Waals surface area contributed by atoms with Crippen LogP contribution in [0.3, 0.4) is 0 Å². The molecule has 2 heterocycles. The first-order valence-electron chi connectivity index (χ1n) is 8.92. The van der Waals surface area contributed by atoms with Crippen molar-refractivity contribution >= 4 is 23.4 Å². The van der Waals surface area contributed by atoms with Crippen molar-refractivity contribution in [1.29, 1.82) is 0 Å². The Morgan fingerprint density at radius 3 is 2.69 bits per heavy atom. The molecule has 0 radical (unpaired) electrons. The minimum Gasteiger partial charge on any atom is -0.442 e. The Labute approximate surface area is 152 Å². The van der Waals surface area contributed by atoms with Crippen molar-refractivity contribution in [2.45, 2.75) is 31.9 Å². The number of carbonyl (C=O) groups is 2. The fourth-order valence-corrected chi connectivity index (χ4v) is 3.43. The second kappa shape index (κ2) is 7.90. The number of hydrogen-bond acceptors (Lipinski definition) is 5. The van der Waals surface area contributed by atoms with Gasteiger partial charge in [-0.3, -0.25) is 9.69 Å². The van der Waals surface area contributed by atoms with Crippen LogP contribution in [0.5, 0.6) is 0 Å². The second-order valence-electron chi connectivity index (χ2n) is 6.74. The third-order valence-electron chi connectivity index (χ3n) is 4.94. The number of anilines is 2. The zero-order valence-corrected chi connectivity index (χ0v) is 15.1. The van der Waals surface area contributed by atoms with Crippen LogP contribution in [0, 0.1) is 5.82 Å². The van der Waals surface area contributed by atoms with E-state index in [1.54, 1.807) is 12.1 Å². The molecule has 26 heavy (non-hydrogen) atoms. The van der Waals surface area contributed by atoms with Crippen LogP contribution in [-0.2, 0) is 9.53 Å². The molecule has 3 rings (SSSR count). The van der Waals surface area contributed by atoms with Crippen molar-refractivity contribution in [2.24, 2.45) is 0 Å². The molecular weight excluding hydrogens is 339 g/mol. The van der Waals surface area contributed by atoms with E-state index in [-0.39, 0.29) is 24.8 Å². The molecule has 0 saturated carbocycles. The number of benzene rings is 1. The summed E-state index contributed by atoms with van der Waals surface area (Å²) in [6.07, 6.45) is 0.985. The molecular formula is C18H25FN4O3. The number of ether oxygens (including phenoxy) is 1. The van der Waals surface area contributed by atoms with Gasteiger partial charge in [-0.2, -0.15) is 0 Å². The van der Waals surface area contributed by atoms with Gasteiger partial charge in [0.05, 0.1) is 24.5 Å². The van der Waals surface area contributed by atoms with Crippen LogP contribution in [0.4, 0.5) is 20.6 Å². The Bertz CT molecular complexity index is 676.